The van der Waals surface area contributed by atoms with Gasteiger partial charge in [-0.2, -0.15) is 5.10 Å². The first-order chi connectivity index (χ1) is 14.3. The minimum Gasteiger partial charge on any atom is -0.497 e. The molecule has 0 radical (unpaired) electrons. The zero-order valence-electron chi connectivity index (χ0n) is 16.7. The Balaban J connectivity index is 1.70. The number of benzene rings is 1. The number of amides is 1. The normalized spacial score (nSPS) is 17.6. The largest absolute Gasteiger partial charge is 0.497 e. The molecule has 0 bridgehead atoms. The molecule has 8 nitrogen and oxygen atoms in total. The van der Waals surface area contributed by atoms with Crippen LogP contribution in [0.1, 0.15) is 28.5 Å². The second kappa shape index (κ2) is 7.91. The molecule has 2 aromatic heterocycles. The number of carbonyl (C=O) groups excluding carboxylic acids is 1. The van der Waals surface area contributed by atoms with E-state index >= 15 is 0 Å². The van der Waals surface area contributed by atoms with Gasteiger partial charge in [-0.25, -0.2) is 13.4 Å². The molecule has 1 atom stereocenters. The molecule has 1 aliphatic rings. The lowest BCUT2D eigenvalue weighted by Crippen LogP contribution is -2.17. The van der Waals surface area contributed by atoms with Crippen molar-refractivity contribution in [2.75, 3.05) is 23.9 Å². The van der Waals surface area contributed by atoms with Crippen molar-refractivity contribution in [2.24, 2.45) is 0 Å². The summed E-state index contributed by atoms with van der Waals surface area (Å²) in [5.41, 5.74) is 2.68. The third kappa shape index (κ3) is 4.20. The fourth-order valence-corrected chi connectivity index (χ4v) is 5.21. The summed E-state index contributed by atoms with van der Waals surface area (Å²) >= 11 is 0. The third-order valence-corrected chi connectivity index (χ3v) is 6.82. The summed E-state index contributed by atoms with van der Waals surface area (Å²) in [5, 5.41) is 7.23. The predicted molar refractivity (Wildman–Crippen MR) is 113 cm³/mol. The molecule has 0 saturated carbocycles. The number of aryl methyl sites for hydroxylation is 1. The van der Waals surface area contributed by atoms with Crippen molar-refractivity contribution in [1.29, 1.82) is 0 Å². The average Bonchev–Trinajstić information content (AvgIpc) is 3.31. The number of carbonyl (C=O) groups is 1. The maximum atomic E-state index is 12.8. The van der Waals surface area contributed by atoms with E-state index in [1.54, 1.807) is 30.1 Å². The highest BCUT2D eigenvalue weighted by atomic mass is 32.2. The zero-order valence-corrected chi connectivity index (χ0v) is 17.5. The standard InChI is InChI=1S/C21H22N4O4S/c1-14-7-9-22-20(11-14)23-21(26)18-12-19(15-3-5-17(29-2)6-4-15)25(24-18)16-8-10-30(27,28)13-16/h3-7,9,11-12,16H,8,10,13H2,1-2H3,(H,22,23,26)/t16-/m1/s1. The van der Waals surface area contributed by atoms with Gasteiger partial charge in [-0.15, -0.1) is 0 Å². The van der Waals surface area contributed by atoms with Crippen LogP contribution in [-0.2, 0) is 9.84 Å². The van der Waals surface area contributed by atoms with Gasteiger partial charge < -0.3 is 10.1 Å². The number of pyridine rings is 1. The fourth-order valence-electron chi connectivity index (χ4n) is 3.51. The number of aromatic nitrogens is 3. The van der Waals surface area contributed by atoms with Crippen LogP contribution in [0.2, 0.25) is 0 Å². The highest BCUT2D eigenvalue weighted by Crippen LogP contribution is 2.31. The van der Waals surface area contributed by atoms with Crippen LogP contribution in [0.15, 0.2) is 48.7 Å². The highest BCUT2D eigenvalue weighted by molar-refractivity contribution is 7.91. The van der Waals surface area contributed by atoms with Gasteiger partial charge >= 0.3 is 0 Å². The second-order valence-corrected chi connectivity index (χ2v) is 9.55. The van der Waals surface area contributed by atoms with Crippen LogP contribution in [0.5, 0.6) is 5.75 Å². The van der Waals surface area contributed by atoms with Gasteiger partial charge in [0.15, 0.2) is 15.5 Å². The molecule has 1 saturated heterocycles. The van der Waals surface area contributed by atoms with E-state index in [2.05, 4.69) is 15.4 Å². The number of hydrogen-bond acceptors (Lipinski definition) is 6. The van der Waals surface area contributed by atoms with E-state index in [0.717, 1.165) is 11.1 Å². The van der Waals surface area contributed by atoms with Crippen molar-refractivity contribution in [1.82, 2.24) is 14.8 Å². The molecule has 1 aliphatic heterocycles. The van der Waals surface area contributed by atoms with Gasteiger partial charge in [0.25, 0.3) is 5.91 Å². The minimum absolute atomic E-state index is 0.0122. The summed E-state index contributed by atoms with van der Waals surface area (Å²) in [4.78, 5) is 16.9. The van der Waals surface area contributed by atoms with Crippen LogP contribution in [0.3, 0.4) is 0 Å². The molecule has 1 N–H and O–H groups in total. The van der Waals surface area contributed by atoms with Gasteiger partial charge in [-0.1, -0.05) is 0 Å². The van der Waals surface area contributed by atoms with E-state index < -0.39 is 15.7 Å². The van der Waals surface area contributed by atoms with E-state index in [4.69, 9.17) is 4.74 Å². The lowest BCUT2D eigenvalue weighted by molar-refractivity contribution is 0.102. The van der Waals surface area contributed by atoms with Crippen LogP contribution in [0.4, 0.5) is 5.82 Å². The van der Waals surface area contributed by atoms with Crippen LogP contribution in [0, 0.1) is 6.92 Å². The number of ether oxygens (including phenoxy) is 1. The van der Waals surface area contributed by atoms with E-state index in [1.165, 1.54) is 0 Å². The molecule has 0 unspecified atom stereocenters. The Morgan fingerprint density at radius 1 is 1.20 bits per heavy atom. The van der Waals surface area contributed by atoms with Gasteiger partial charge in [0, 0.05) is 11.8 Å². The first-order valence-corrected chi connectivity index (χ1v) is 11.4. The van der Waals surface area contributed by atoms with E-state index in [-0.39, 0.29) is 23.2 Å². The molecule has 0 spiro atoms. The number of sulfone groups is 1. The van der Waals surface area contributed by atoms with Gasteiger partial charge in [0.05, 0.1) is 30.4 Å². The summed E-state index contributed by atoms with van der Waals surface area (Å²) in [6, 6.07) is 12.3. The van der Waals surface area contributed by atoms with Gasteiger partial charge in [-0.3, -0.25) is 9.48 Å². The molecule has 1 fully saturated rings. The lowest BCUT2D eigenvalue weighted by Gasteiger charge is -2.13. The predicted octanol–water partition coefficient (Wildman–Crippen LogP) is 2.87. The summed E-state index contributed by atoms with van der Waals surface area (Å²) in [7, 11) is -1.52. The molecule has 3 aromatic rings. The van der Waals surface area contributed by atoms with Crippen LogP contribution >= 0.6 is 0 Å². The van der Waals surface area contributed by atoms with Gasteiger partial charge in [0.2, 0.25) is 0 Å². The number of nitrogens with zero attached hydrogens (tertiary/aromatic N) is 3. The number of nitrogens with one attached hydrogen (secondary N) is 1. The Morgan fingerprint density at radius 3 is 2.60 bits per heavy atom. The number of hydrogen-bond donors (Lipinski definition) is 1. The van der Waals surface area contributed by atoms with E-state index in [9.17, 15) is 13.2 Å². The molecule has 0 aliphatic carbocycles. The molecule has 3 heterocycles. The molecular weight excluding hydrogens is 404 g/mol. The van der Waals surface area contributed by atoms with Crippen LogP contribution < -0.4 is 10.1 Å². The van der Waals surface area contributed by atoms with Crippen molar-refractivity contribution in [2.45, 2.75) is 19.4 Å². The SMILES string of the molecule is COc1ccc(-c2cc(C(=O)Nc3cc(C)ccn3)nn2[C@@H]2CCS(=O)(=O)C2)cc1. The van der Waals surface area contributed by atoms with Crippen molar-refractivity contribution in [3.63, 3.8) is 0 Å². The lowest BCUT2D eigenvalue weighted by atomic mass is 10.1. The monoisotopic (exact) mass is 426 g/mol. The Labute approximate surface area is 174 Å². The van der Waals surface area contributed by atoms with Crippen LogP contribution in [0.25, 0.3) is 11.3 Å². The topological polar surface area (TPSA) is 103 Å². The highest BCUT2D eigenvalue weighted by Gasteiger charge is 2.32. The molecule has 4 rings (SSSR count). The molecule has 1 amide bonds. The maximum Gasteiger partial charge on any atom is 0.277 e. The minimum atomic E-state index is -3.11. The van der Waals surface area contributed by atoms with Crippen molar-refractivity contribution >= 4 is 21.6 Å². The first-order valence-electron chi connectivity index (χ1n) is 9.53. The summed E-state index contributed by atoms with van der Waals surface area (Å²) in [6.07, 6.45) is 2.09. The number of methoxy groups -OCH3 is 1. The molecular formula is C21H22N4O4S. The second-order valence-electron chi connectivity index (χ2n) is 7.32. The maximum absolute atomic E-state index is 12.8. The number of rotatable bonds is 5. The molecule has 156 valence electrons. The Morgan fingerprint density at radius 2 is 1.97 bits per heavy atom. The Hall–Kier alpha value is -3.20. The van der Waals surface area contributed by atoms with Crippen LogP contribution in [-0.4, -0.2) is 47.7 Å². The van der Waals surface area contributed by atoms with E-state index in [0.29, 0.717) is 23.7 Å². The molecule has 1 aromatic carbocycles. The van der Waals surface area contributed by atoms with Gasteiger partial charge in [0.1, 0.15) is 11.6 Å². The third-order valence-electron chi connectivity index (χ3n) is 5.07. The quantitative estimate of drug-likeness (QED) is 0.673. The fraction of sp³-hybridized carbons (Fsp3) is 0.286. The van der Waals surface area contributed by atoms with Crippen molar-refractivity contribution in [3.05, 3.63) is 59.9 Å². The van der Waals surface area contributed by atoms with Crippen molar-refractivity contribution < 1.29 is 17.9 Å². The Bertz CT molecular complexity index is 1190. The summed E-state index contributed by atoms with van der Waals surface area (Å²) in [6.45, 7) is 1.91. The van der Waals surface area contributed by atoms with Crippen molar-refractivity contribution in [3.8, 4) is 17.0 Å². The summed E-state index contributed by atoms with van der Waals surface area (Å²) in [5.74, 6) is 0.871. The molecule has 9 heteroatoms. The smallest absolute Gasteiger partial charge is 0.277 e. The Kier molecular flexibility index (Phi) is 5.29. The molecule has 30 heavy (non-hydrogen) atoms. The average molecular weight is 426 g/mol. The summed E-state index contributed by atoms with van der Waals surface area (Å²) < 4.78 is 30.9. The number of anilines is 1. The zero-order chi connectivity index (χ0) is 21.3. The van der Waals surface area contributed by atoms with E-state index in [1.807, 2.05) is 37.3 Å². The van der Waals surface area contributed by atoms with Gasteiger partial charge in [-0.05, 0) is 61.4 Å². The first kappa shape index (κ1) is 20.1.